The highest BCUT2D eigenvalue weighted by Crippen LogP contribution is 2.06. The molecule has 2 nitrogen and oxygen atoms in total. The van der Waals surface area contributed by atoms with Crippen LogP contribution in [0.4, 0.5) is 0 Å². The smallest absolute Gasteiger partial charge is 0.0699 e. The highest BCUT2D eigenvalue weighted by atomic mass is 16.5. The SMILES string of the molecule is CCCC(CNC(C)C)OCCCc1ccccc1. The third kappa shape index (κ3) is 8.02. The molecule has 1 aromatic rings. The van der Waals surface area contributed by atoms with E-state index >= 15 is 0 Å². The van der Waals surface area contributed by atoms with E-state index in [0.29, 0.717) is 12.1 Å². The predicted molar refractivity (Wildman–Crippen MR) is 82.5 cm³/mol. The maximum absolute atomic E-state index is 5.99. The van der Waals surface area contributed by atoms with Crippen molar-refractivity contribution in [2.45, 2.75) is 58.6 Å². The van der Waals surface area contributed by atoms with Gasteiger partial charge in [0.25, 0.3) is 0 Å². The van der Waals surface area contributed by atoms with E-state index in [1.165, 1.54) is 12.0 Å². The van der Waals surface area contributed by atoms with Crippen LogP contribution in [0.2, 0.25) is 0 Å². The lowest BCUT2D eigenvalue weighted by molar-refractivity contribution is 0.0444. The second kappa shape index (κ2) is 9.99. The van der Waals surface area contributed by atoms with Gasteiger partial charge >= 0.3 is 0 Å². The van der Waals surface area contributed by atoms with Crippen LogP contribution in [0.3, 0.4) is 0 Å². The first-order valence-corrected chi connectivity index (χ1v) is 7.61. The highest BCUT2D eigenvalue weighted by molar-refractivity contribution is 5.14. The zero-order valence-electron chi connectivity index (χ0n) is 12.7. The largest absolute Gasteiger partial charge is 0.377 e. The summed E-state index contributed by atoms with van der Waals surface area (Å²) in [6, 6.07) is 11.2. The van der Waals surface area contributed by atoms with Crippen molar-refractivity contribution in [1.29, 1.82) is 0 Å². The van der Waals surface area contributed by atoms with Crippen LogP contribution in [0, 0.1) is 0 Å². The maximum atomic E-state index is 5.99. The van der Waals surface area contributed by atoms with E-state index < -0.39 is 0 Å². The van der Waals surface area contributed by atoms with Crippen molar-refractivity contribution in [3.05, 3.63) is 35.9 Å². The molecule has 0 aromatic heterocycles. The molecule has 0 bridgehead atoms. The molecule has 0 aliphatic rings. The summed E-state index contributed by atoms with van der Waals surface area (Å²) < 4.78 is 5.99. The van der Waals surface area contributed by atoms with E-state index in [4.69, 9.17) is 4.74 Å². The Hall–Kier alpha value is -0.860. The Kier molecular flexibility index (Phi) is 8.52. The Bertz CT molecular complexity index is 310. The fourth-order valence-electron chi connectivity index (χ4n) is 2.10. The summed E-state index contributed by atoms with van der Waals surface area (Å²) in [5.41, 5.74) is 1.40. The highest BCUT2D eigenvalue weighted by Gasteiger charge is 2.08. The Labute approximate surface area is 118 Å². The topological polar surface area (TPSA) is 21.3 Å². The van der Waals surface area contributed by atoms with Crippen LogP contribution >= 0.6 is 0 Å². The Morgan fingerprint density at radius 1 is 1.16 bits per heavy atom. The Morgan fingerprint density at radius 3 is 2.53 bits per heavy atom. The number of aryl methyl sites for hydroxylation is 1. The molecule has 1 atom stereocenters. The molecule has 0 radical (unpaired) electrons. The van der Waals surface area contributed by atoms with Crippen LogP contribution in [-0.4, -0.2) is 25.3 Å². The first-order valence-electron chi connectivity index (χ1n) is 7.61. The van der Waals surface area contributed by atoms with Gasteiger partial charge in [0.1, 0.15) is 0 Å². The second-order valence-corrected chi connectivity index (χ2v) is 5.43. The van der Waals surface area contributed by atoms with Crippen LogP contribution in [0.15, 0.2) is 30.3 Å². The van der Waals surface area contributed by atoms with Gasteiger partial charge in [0.2, 0.25) is 0 Å². The third-order valence-corrected chi connectivity index (χ3v) is 3.17. The Morgan fingerprint density at radius 2 is 1.89 bits per heavy atom. The van der Waals surface area contributed by atoms with E-state index in [1.807, 2.05) is 0 Å². The fourth-order valence-corrected chi connectivity index (χ4v) is 2.10. The zero-order chi connectivity index (χ0) is 13.9. The number of hydrogen-bond donors (Lipinski definition) is 1. The van der Waals surface area contributed by atoms with Crippen molar-refractivity contribution < 1.29 is 4.74 Å². The molecule has 2 heteroatoms. The molecule has 0 aliphatic heterocycles. The molecule has 0 heterocycles. The van der Waals surface area contributed by atoms with Gasteiger partial charge in [-0.2, -0.15) is 0 Å². The molecular weight excluding hydrogens is 234 g/mol. The lowest BCUT2D eigenvalue weighted by Gasteiger charge is -2.19. The van der Waals surface area contributed by atoms with Crippen LogP contribution in [0.5, 0.6) is 0 Å². The quantitative estimate of drug-likeness (QED) is 0.648. The van der Waals surface area contributed by atoms with Crippen molar-refractivity contribution in [3.63, 3.8) is 0 Å². The van der Waals surface area contributed by atoms with Gasteiger partial charge < -0.3 is 10.1 Å². The number of nitrogens with one attached hydrogen (secondary N) is 1. The van der Waals surface area contributed by atoms with E-state index in [2.05, 4.69) is 56.4 Å². The zero-order valence-corrected chi connectivity index (χ0v) is 12.7. The first-order chi connectivity index (χ1) is 9.22. The molecule has 0 saturated carbocycles. The summed E-state index contributed by atoms with van der Waals surface area (Å²) in [5.74, 6) is 0. The van der Waals surface area contributed by atoms with Gasteiger partial charge in [-0.3, -0.25) is 0 Å². The first kappa shape index (κ1) is 16.2. The average molecular weight is 263 g/mol. The Balaban J connectivity index is 2.17. The monoisotopic (exact) mass is 263 g/mol. The van der Waals surface area contributed by atoms with Crippen molar-refractivity contribution >= 4 is 0 Å². The molecule has 1 N–H and O–H groups in total. The second-order valence-electron chi connectivity index (χ2n) is 5.43. The minimum absolute atomic E-state index is 0.364. The van der Waals surface area contributed by atoms with Gasteiger partial charge in [-0.05, 0) is 24.8 Å². The minimum Gasteiger partial charge on any atom is -0.377 e. The van der Waals surface area contributed by atoms with E-state index in [9.17, 15) is 0 Å². The van der Waals surface area contributed by atoms with E-state index in [1.54, 1.807) is 0 Å². The summed E-state index contributed by atoms with van der Waals surface area (Å²) in [7, 11) is 0. The van der Waals surface area contributed by atoms with Crippen LogP contribution in [-0.2, 0) is 11.2 Å². The van der Waals surface area contributed by atoms with Gasteiger partial charge in [0, 0.05) is 19.2 Å². The van der Waals surface area contributed by atoms with Gasteiger partial charge in [-0.1, -0.05) is 57.5 Å². The molecule has 0 spiro atoms. The summed E-state index contributed by atoms with van der Waals surface area (Å²) in [4.78, 5) is 0. The van der Waals surface area contributed by atoms with Gasteiger partial charge in [0.15, 0.2) is 0 Å². The minimum atomic E-state index is 0.364. The summed E-state index contributed by atoms with van der Waals surface area (Å²) in [6.07, 6.45) is 4.90. The maximum Gasteiger partial charge on any atom is 0.0699 e. The standard InChI is InChI=1S/C17H29NO/c1-4-9-17(14-18-15(2)3)19-13-8-12-16-10-6-5-7-11-16/h5-7,10-11,15,17-18H,4,8-9,12-14H2,1-3H3. The molecule has 0 saturated heterocycles. The molecule has 1 aromatic carbocycles. The molecule has 0 amide bonds. The van der Waals surface area contributed by atoms with Crippen molar-refractivity contribution in [1.82, 2.24) is 5.32 Å². The van der Waals surface area contributed by atoms with Gasteiger partial charge in [-0.25, -0.2) is 0 Å². The van der Waals surface area contributed by atoms with Crippen LogP contribution in [0.25, 0.3) is 0 Å². The normalized spacial score (nSPS) is 12.8. The number of ether oxygens (including phenoxy) is 1. The van der Waals surface area contributed by atoms with Gasteiger partial charge in [-0.15, -0.1) is 0 Å². The van der Waals surface area contributed by atoms with Crippen molar-refractivity contribution in [2.24, 2.45) is 0 Å². The van der Waals surface area contributed by atoms with Crippen LogP contribution in [0.1, 0.15) is 45.6 Å². The third-order valence-electron chi connectivity index (χ3n) is 3.17. The summed E-state index contributed by atoms with van der Waals surface area (Å²) in [6.45, 7) is 8.41. The molecule has 0 aliphatic carbocycles. The molecule has 19 heavy (non-hydrogen) atoms. The summed E-state index contributed by atoms with van der Waals surface area (Å²) >= 11 is 0. The fraction of sp³-hybridized carbons (Fsp3) is 0.647. The van der Waals surface area contributed by atoms with E-state index in [0.717, 1.165) is 32.4 Å². The molecule has 108 valence electrons. The van der Waals surface area contributed by atoms with Crippen molar-refractivity contribution in [3.8, 4) is 0 Å². The predicted octanol–water partition coefficient (Wildman–Crippen LogP) is 3.80. The molecular formula is C17H29NO. The summed E-state index contributed by atoms with van der Waals surface area (Å²) in [5, 5.41) is 3.46. The number of hydrogen-bond acceptors (Lipinski definition) is 2. The molecule has 1 rings (SSSR count). The number of benzene rings is 1. The lowest BCUT2D eigenvalue weighted by atomic mass is 10.1. The molecule has 1 unspecified atom stereocenters. The lowest BCUT2D eigenvalue weighted by Crippen LogP contribution is -2.33. The molecule has 0 fully saturated rings. The average Bonchev–Trinajstić information content (AvgIpc) is 2.41. The van der Waals surface area contributed by atoms with E-state index in [-0.39, 0.29) is 0 Å². The van der Waals surface area contributed by atoms with Crippen LogP contribution < -0.4 is 5.32 Å². The van der Waals surface area contributed by atoms with Gasteiger partial charge in [0.05, 0.1) is 6.10 Å². The number of rotatable bonds is 10. The van der Waals surface area contributed by atoms with Crippen molar-refractivity contribution in [2.75, 3.05) is 13.2 Å².